The number of anilines is 1. The zero-order valence-electron chi connectivity index (χ0n) is 11.5. The van der Waals surface area contributed by atoms with Gasteiger partial charge in [0.05, 0.1) is 19.3 Å². The third-order valence-corrected chi connectivity index (χ3v) is 3.70. The van der Waals surface area contributed by atoms with Crippen LogP contribution in [0.4, 0.5) is 5.69 Å². The number of hydrogen-bond donors (Lipinski definition) is 2. The van der Waals surface area contributed by atoms with E-state index in [0.29, 0.717) is 11.3 Å². The molecular formula is C14H18N2O4. The van der Waals surface area contributed by atoms with Crippen molar-refractivity contribution in [2.75, 3.05) is 26.0 Å². The van der Waals surface area contributed by atoms with Gasteiger partial charge in [-0.3, -0.25) is 9.59 Å². The van der Waals surface area contributed by atoms with Crippen molar-refractivity contribution in [1.82, 2.24) is 4.90 Å². The number of carboxylic acid groups (broad SMARTS) is 1. The van der Waals surface area contributed by atoms with Gasteiger partial charge in [0.25, 0.3) is 5.91 Å². The number of carboxylic acids is 1. The highest BCUT2D eigenvalue weighted by Gasteiger charge is 2.38. The molecule has 0 radical (unpaired) electrons. The molecule has 108 valence electrons. The molecule has 1 aliphatic heterocycles. The molecule has 0 spiro atoms. The maximum Gasteiger partial charge on any atom is 0.311 e. The molecule has 20 heavy (non-hydrogen) atoms. The van der Waals surface area contributed by atoms with E-state index >= 15 is 0 Å². The van der Waals surface area contributed by atoms with Crippen LogP contribution in [0.3, 0.4) is 0 Å². The molecular weight excluding hydrogens is 260 g/mol. The van der Waals surface area contributed by atoms with Crippen LogP contribution in [0.1, 0.15) is 15.9 Å². The average Bonchev–Trinajstić information content (AvgIpc) is 2.89. The van der Waals surface area contributed by atoms with Gasteiger partial charge in [0.2, 0.25) is 0 Å². The van der Waals surface area contributed by atoms with Crippen LogP contribution in [-0.4, -0.2) is 48.2 Å². The van der Waals surface area contributed by atoms with Crippen molar-refractivity contribution >= 4 is 17.6 Å². The van der Waals surface area contributed by atoms with Crippen LogP contribution in [-0.2, 0) is 9.53 Å². The molecule has 1 fully saturated rings. The predicted molar refractivity (Wildman–Crippen MR) is 73.4 cm³/mol. The number of hydrogen-bond acceptors (Lipinski definition) is 4. The molecule has 1 aromatic rings. The van der Waals surface area contributed by atoms with Crippen molar-refractivity contribution in [2.45, 2.75) is 13.0 Å². The van der Waals surface area contributed by atoms with Crippen LogP contribution < -0.4 is 5.73 Å². The lowest BCUT2D eigenvalue weighted by atomic mass is 10.0. The molecule has 0 saturated carbocycles. The van der Waals surface area contributed by atoms with E-state index in [1.54, 1.807) is 25.2 Å². The standard InChI is InChI=1S/C14H18N2O4/c1-8-5-9(3-4-11(8)15)13(17)16(2)12-7-20-6-10(12)14(18)19/h3-5,10,12H,6-7,15H2,1-2H3,(H,18,19). The Bertz CT molecular complexity index is 544. The average molecular weight is 278 g/mol. The van der Waals surface area contributed by atoms with Crippen LogP contribution in [0.15, 0.2) is 18.2 Å². The van der Waals surface area contributed by atoms with Gasteiger partial charge in [-0.1, -0.05) is 0 Å². The number of nitrogen functional groups attached to an aromatic ring is 1. The molecule has 1 heterocycles. The fourth-order valence-corrected chi connectivity index (χ4v) is 2.32. The van der Waals surface area contributed by atoms with Crippen molar-refractivity contribution in [2.24, 2.45) is 5.92 Å². The summed E-state index contributed by atoms with van der Waals surface area (Å²) in [5, 5.41) is 9.13. The highest BCUT2D eigenvalue weighted by molar-refractivity contribution is 5.95. The molecule has 1 aromatic carbocycles. The number of aryl methyl sites for hydroxylation is 1. The number of benzene rings is 1. The molecule has 2 rings (SSSR count). The van der Waals surface area contributed by atoms with Crippen molar-refractivity contribution < 1.29 is 19.4 Å². The molecule has 2 unspecified atom stereocenters. The van der Waals surface area contributed by atoms with Crippen LogP contribution in [0.25, 0.3) is 0 Å². The lowest BCUT2D eigenvalue weighted by Crippen LogP contribution is -2.44. The van der Waals surface area contributed by atoms with Gasteiger partial charge < -0.3 is 20.5 Å². The Morgan fingerprint density at radius 3 is 2.70 bits per heavy atom. The maximum absolute atomic E-state index is 12.4. The predicted octanol–water partition coefficient (Wildman–Crippen LogP) is 0.749. The van der Waals surface area contributed by atoms with Gasteiger partial charge in [-0.25, -0.2) is 0 Å². The first-order valence-corrected chi connectivity index (χ1v) is 6.35. The summed E-state index contributed by atoms with van der Waals surface area (Å²) in [5.41, 5.74) is 7.66. The fourth-order valence-electron chi connectivity index (χ4n) is 2.32. The topological polar surface area (TPSA) is 92.9 Å². The largest absolute Gasteiger partial charge is 0.481 e. The van der Waals surface area contributed by atoms with E-state index in [1.807, 2.05) is 6.92 Å². The molecule has 3 N–H and O–H groups in total. The molecule has 0 aromatic heterocycles. The Morgan fingerprint density at radius 1 is 1.40 bits per heavy atom. The van der Waals surface area contributed by atoms with Crippen molar-refractivity contribution in [3.8, 4) is 0 Å². The van der Waals surface area contributed by atoms with Crippen molar-refractivity contribution in [3.63, 3.8) is 0 Å². The monoisotopic (exact) mass is 278 g/mol. The fraction of sp³-hybridized carbons (Fsp3) is 0.429. The zero-order valence-corrected chi connectivity index (χ0v) is 11.5. The summed E-state index contributed by atoms with van der Waals surface area (Å²) in [6.07, 6.45) is 0. The normalized spacial score (nSPS) is 21.7. The van der Waals surface area contributed by atoms with E-state index in [4.69, 9.17) is 15.6 Å². The number of likely N-dealkylation sites (N-methyl/N-ethyl adjacent to an activating group) is 1. The van der Waals surface area contributed by atoms with E-state index in [9.17, 15) is 9.59 Å². The first-order chi connectivity index (χ1) is 9.41. The number of rotatable bonds is 3. The van der Waals surface area contributed by atoms with Gasteiger partial charge in [0.1, 0.15) is 5.92 Å². The van der Waals surface area contributed by atoms with Gasteiger partial charge in [-0.05, 0) is 30.7 Å². The summed E-state index contributed by atoms with van der Waals surface area (Å²) >= 11 is 0. The van der Waals surface area contributed by atoms with Crippen LogP contribution >= 0.6 is 0 Å². The molecule has 1 amide bonds. The smallest absolute Gasteiger partial charge is 0.311 e. The second kappa shape index (κ2) is 5.50. The quantitative estimate of drug-likeness (QED) is 0.796. The minimum absolute atomic E-state index is 0.137. The molecule has 0 bridgehead atoms. The highest BCUT2D eigenvalue weighted by atomic mass is 16.5. The van der Waals surface area contributed by atoms with Gasteiger partial charge in [-0.2, -0.15) is 0 Å². The van der Waals surface area contributed by atoms with Gasteiger partial charge in [0, 0.05) is 18.3 Å². The minimum atomic E-state index is -0.944. The van der Waals surface area contributed by atoms with E-state index in [2.05, 4.69) is 0 Å². The zero-order chi connectivity index (χ0) is 14.9. The Morgan fingerprint density at radius 2 is 2.10 bits per heavy atom. The van der Waals surface area contributed by atoms with E-state index in [0.717, 1.165) is 5.56 Å². The summed E-state index contributed by atoms with van der Waals surface area (Å²) in [5.74, 6) is -1.85. The Labute approximate surface area is 117 Å². The number of nitrogens with two attached hydrogens (primary N) is 1. The van der Waals surface area contributed by atoms with E-state index in [-0.39, 0.29) is 19.1 Å². The number of aliphatic carboxylic acids is 1. The number of amides is 1. The summed E-state index contributed by atoms with van der Waals surface area (Å²) < 4.78 is 5.19. The lowest BCUT2D eigenvalue weighted by molar-refractivity contribution is -0.142. The van der Waals surface area contributed by atoms with E-state index in [1.165, 1.54) is 4.90 Å². The van der Waals surface area contributed by atoms with Crippen molar-refractivity contribution in [3.05, 3.63) is 29.3 Å². The second-order valence-electron chi connectivity index (χ2n) is 5.04. The molecule has 1 saturated heterocycles. The molecule has 6 nitrogen and oxygen atoms in total. The summed E-state index contributed by atoms with van der Waals surface area (Å²) in [6.45, 7) is 2.20. The second-order valence-corrected chi connectivity index (χ2v) is 5.04. The SMILES string of the molecule is Cc1cc(C(=O)N(C)C2COCC2C(=O)O)ccc1N. The molecule has 0 aliphatic carbocycles. The molecule has 2 atom stereocenters. The van der Waals surface area contributed by atoms with Crippen molar-refractivity contribution in [1.29, 1.82) is 0 Å². The summed E-state index contributed by atoms with van der Waals surface area (Å²) in [7, 11) is 1.60. The number of ether oxygens (including phenoxy) is 1. The Balaban J connectivity index is 2.19. The van der Waals surface area contributed by atoms with Gasteiger partial charge >= 0.3 is 5.97 Å². The van der Waals surface area contributed by atoms with Crippen LogP contribution in [0.5, 0.6) is 0 Å². The first kappa shape index (κ1) is 14.3. The third-order valence-electron chi connectivity index (χ3n) is 3.70. The first-order valence-electron chi connectivity index (χ1n) is 6.35. The van der Waals surface area contributed by atoms with Crippen LogP contribution in [0, 0.1) is 12.8 Å². The molecule has 1 aliphatic rings. The van der Waals surface area contributed by atoms with E-state index < -0.39 is 17.9 Å². The van der Waals surface area contributed by atoms with Crippen LogP contribution in [0.2, 0.25) is 0 Å². The van der Waals surface area contributed by atoms with Gasteiger partial charge in [-0.15, -0.1) is 0 Å². The summed E-state index contributed by atoms with van der Waals surface area (Å²) in [4.78, 5) is 25.0. The number of carbonyl (C=O) groups is 2. The third kappa shape index (κ3) is 2.60. The maximum atomic E-state index is 12.4. The highest BCUT2D eigenvalue weighted by Crippen LogP contribution is 2.22. The summed E-state index contributed by atoms with van der Waals surface area (Å²) in [6, 6.07) is 4.58. The molecule has 6 heteroatoms. The number of nitrogens with zero attached hydrogens (tertiary/aromatic N) is 1. The number of carbonyl (C=O) groups excluding carboxylic acids is 1. The Kier molecular flexibility index (Phi) is 3.94. The lowest BCUT2D eigenvalue weighted by Gasteiger charge is -2.26. The van der Waals surface area contributed by atoms with Gasteiger partial charge in [0.15, 0.2) is 0 Å². The minimum Gasteiger partial charge on any atom is -0.481 e. The Hall–Kier alpha value is -2.08.